The molecule has 4 nitrogen and oxygen atoms in total. The van der Waals surface area contributed by atoms with Gasteiger partial charge < -0.3 is 10.0 Å². The molecule has 2 aromatic carbocycles. The number of fused-ring (bicyclic) bond motifs is 1. The minimum atomic E-state index is -0.0198. The molecule has 2 atom stereocenters. The lowest BCUT2D eigenvalue weighted by atomic mass is 9.80. The quantitative estimate of drug-likeness (QED) is 0.646. The van der Waals surface area contributed by atoms with E-state index in [0.717, 1.165) is 37.1 Å². The highest BCUT2D eigenvalue weighted by Crippen LogP contribution is 2.39. The Balaban J connectivity index is 0.00000272. The van der Waals surface area contributed by atoms with E-state index in [4.69, 9.17) is 23.2 Å². The second kappa shape index (κ2) is 10.5. The van der Waals surface area contributed by atoms with Crippen molar-refractivity contribution in [2.24, 2.45) is 0 Å². The molecular formula is C24H29Cl3N2O2. The maximum atomic E-state index is 13.3. The molecular weight excluding hydrogens is 455 g/mol. The monoisotopic (exact) mass is 482 g/mol. The SMILES string of the molecule is CN(C(=O)Cc1ccc(Cl)c(Cl)c1)[C@H]1c2cccc(CO)c2CC[C@@H]1N1CCCC1.Cl. The number of hydrogen-bond acceptors (Lipinski definition) is 3. The third-order valence-electron chi connectivity index (χ3n) is 6.61. The zero-order chi connectivity index (χ0) is 21.3. The van der Waals surface area contributed by atoms with E-state index in [1.807, 2.05) is 30.1 Å². The molecule has 0 aromatic heterocycles. The molecule has 168 valence electrons. The number of likely N-dealkylation sites (tertiary alicyclic amines) is 1. The van der Waals surface area contributed by atoms with Crippen molar-refractivity contribution in [2.75, 3.05) is 20.1 Å². The largest absolute Gasteiger partial charge is 0.392 e. The van der Waals surface area contributed by atoms with E-state index in [1.54, 1.807) is 12.1 Å². The number of likely N-dealkylation sites (N-methyl/N-ethyl adjacent to an activating group) is 1. The van der Waals surface area contributed by atoms with Crippen LogP contribution < -0.4 is 0 Å². The number of carbonyl (C=O) groups excluding carboxylic acids is 1. The fourth-order valence-electron chi connectivity index (χ4n) is 5.07. The number of amides is 1. The number of hydrogen-bond donors (Lipinski definition) is 1. The highest BCUT2D eigenvalue weighted by atomic mass is 35.5. The van der Waals surface area contributed by atoms with Crippen LogP contribution in [0.2, 0.25) is 10.0 Å². The summed E-state index contributed by atoms with van der Waals surface area (Å²) in [6.45, 7) is 2.21. The van der Waals surface area contributed by atoms with E-state index >= 15 is 0 Å². The van der Waals surface area contributed by atoms with Crippen molar-refractivity contribution in [3.05, 3.63) is 68.7 Å². The molecule has 7 heteroatoms. The maximum absolute atomic E-state index is 13.3. The molecule has 0 unspecified atom stereocenters. The van der Waals surface area contributed by atoms with Gasteiger partial charge >= 0.3 is 0 Å². The summed E-state index contributed by atoms with van der Waals surface area (Å²) < 4.78 is 0. The first-order valence-electron chi connectivity index (χ1n) is 10.6. The van der Waals surface area contributed by atoms with E-state index < -0.39 is 0 Å². The van der Waals surface area contributed by atoms with Crippen LogP contribution in [-0.2, 0) is 24.2 Å². The number of aliphatic hydroxyl groups is 1. The number of halogens is 3. The normalized spacial score (nSPS) is 20.8. The minimum absolute atomic E-state index is 0. The van der Waals surface area contributed by atoms with Gasteiger partial charge in [-0.2, -0.15) is 0 Å². The minimum Gasteiger partial charge on any atom is -0.392 e. The van der Waals surface area contributed by atoms with E-state index in [9.17, 15) is 9.90 Å². The average molecular weight is 484 g/mol. The lowest BCUT2D eigenvalue weighted by molar-refractivity contribution is -0.133. The van der Waals surface area contributed by atoms with Gasteiger partial charge in [-0.1, -0.05) is 47.5 Å². The van der Waals surface area contributed by atoms with Crippen molar-refractivity contribution in [1.82, 2.24) is 9.80 Å². The van der Waals surface area contributed by atoms with Crippen LogP contribution in [0.4, 0.5) is 0 Å². The first kappa shape index (κ1) is 24.3. The van der Waals surface area contributed by atoms with E-state index in [-0.39, 0.29) is 37.4 Å². The molecule has 1 saturated heterocycles. The summed E-state index contributed by atoms with van der Waals surface area (Å²) in [5.74, 6) is 0.0600. The third-order valence-corrected chi connectivity index (χ3v) is 7.35. The Morgan fingerprint density at radius 2 is 1.90 bits per heavy atom. The second-order valence-corrected chi connectivity index (χ2v) is 9.18. The standard InChI is InChI=1S/C24H28Cl2N2O2.ClH/c1-27(23(30)14-16-7-9-20(25)21(26)13-16)24-19-6-4-5-17(15-29)18(19)8-10-22(24)28-11-2-3-12-28;/h4-7,9,13,22,24,29H,2-3,8,10-12,14-15H2,1H3;1H/t22-,24-;/m0./s1. The zero-order valence-electron chi connectivity index (χ0n) is 17.7. The molecule has 4 rings (SSSR count). The van der Waals surface area contributed by atoms with E-state index in [0.29, 0.717) is 16.1 Å². The first-order chi connectivity index (χ1) is 14.5. The molecule has 0 radical (unpaired) electrons. The van der Waals surface area contributed by atoms with Crippen molar-refractivity contribution >= 4 is 41.5 Å². The van der Waals surface area contributed by atoms with Crippen LogP contribution in [0.15, 0.2) is 36.4 Å². The average Bonchev–Trinajstić information content (AvgIpc) is 3.29. The second-order valence-electron chi connectivity index (χ2n) is 8.37. The van der Waals surface area contributed by atoms with Crippen LogP contribution in [0.25, 0.3) is 0 Å². The van der Waals surface area contributed by atoms with Crippen molar-refractivity contribution in [3.63, 3.8) is 0 Å². The molecule has 1 heterocycles. The van der Waals surface area contributed by atoms with Crippen LogP contribution in [-0.4, -0.2) is 47.0 Å². The molecule has 2 aliphatic rings. The van der Waals surface area contributed by atoms with Crippen molar-refractivity contribution < 1.29 is 9.90 Å². The molecule has 1 aliphatic heterocycles. The Morgan fingerprint density at radius 1 is 1.16 bits per heavy atom. The number of rotatable bonds is 5. The summed E-state index contributed by atoms with van der Waals surface area (Å²) in [5.41, 5.74) is 4.21. The molecule has 31 heavy (non-hydrogen) atoms. The summed E-state index contributed by atoms with van der Waals surface area (Å²) in [7, 11) is 1.91. The van der Waals surface area contributed by atoms with Gasteiger partial charge in [0, 0.05) is 13.1 Å². The van der Waals surface area contributed by atoms with Gasteiger partial charge in [-0.3, -0.25) is 9.69 Å². The third kappa shape index (κ3) is 5.04. The van der Waals surface area contributed by atoms with Gasteiger partial charge in [0.15, 0.2) is 0 Å². The van der Waals surface area contributed by atoms with Crippen LogP contribution >= 0.6 is 35.6 Å². The fraction of sp³-hybridized carbons (Fsp3) is 0.458. The van der Waals surface area contributed by atoms with Crippen LogP contribution in [0.1, 0.15) is 47.6 Å². The van der Waals surface area contributed by atoms with Gasteiger partial charge in [-0.05, 0) is 73.2 Å². The summed E-state index contributed by atoms with van der Waals surface area (Å²) in [6.07, 6.45) is 4.66. The molecule has 1 N–H and O–H groups in total. The molecule has 1 amide bonds. The zero-order valence-corrected chi connectivity index (χ0v) is 20.0. The fourth-order valence-corrected chi connectivity index (χ4v) is 5.39. The van der Waals surface area contributed by atoms with Gasteiger partial charge in [-0.15, -0.1) is 12.4 Å². The molecule has 1 aliphatic carbocycles. The highest BCUT2D eigenvalue weighted by Gasteiger charge is 2.39. The Hall–Kier alpha value is -1.30. The summed E-state index contributed by atoms with van der Waals surface area (Å²) in [4.78, 5) is 17.8. The van der Waals surface area contributed by atoms with Crippen LogP contribution in [0.5, 0.6) is 0 Å². The molecule has 2 aromatic rings. The van der Waals surface area contributed by atoms with Crippen molar-refractivity contribution in [1.29, 1.82) is 0 Å². The summed E-state index contributed by atoms with van der Waals surface area (Å²) in [6, 6.07) is 11.8. The van der Waals surface area contributed by atoms with Crippen LogP contribution in [0, 0.1) is 0 Å². The van der Waals surface area contributed by atoms with Gasteiger partial charge in [-0.25, -0.2) is 0 Å². The topological polar surface area (TPSA) is 43.8 Å². The summed E-state index contributed by atoms with van der Waals surface area (Å²) in [5, 5.41) is 10.8. The van der Waals surface area contributed by atoms with Crippen molar-refractivity contribution in [3.8, 4) is 0 Å². The van der Waals surface area contributed by atoms with Gasteiger partial charge in [0.2, 0.25) is 5.91 Å². The van der Waals surface area contributed by atoms with Gasteiger partial charge in [0.05, 0.1) is 29.1 Å². The first-order valence-corrected chi connectivity index (χ1v) is 11.4. The highest BCUT2D eigenvalue weighted by molar-refractivity contribution is 6.42. The number of aliphatic hydroxyl groups excluding tert-OH is 1. The van der Waals surface area contributed by atoms with E-state index in [2.05, 4.69) is 11.0 Å². The van der Waals surface area contributed by atoms with Crippen molar-refractivity contribution in [2.45, 2.75) is 50.8 Å². The number of carbonyl (C=O) groups is 1. The lowest BCUT2D eigenvalue weighted by Gasteiger charge is -2.44. The number of nitrogens with zero attached hydrogens (tertiary/aromatic N) is 2. The molecule has 1 fully saturated rings. The Morgan fingerprint density at radius 3 is 2.58 bits per heavy atom. The predicted octanol–water partition coefficient (Wildman–Crippen LogP) is 5.06. The molecule has 0 spiro atoms. The Labute approximate surface area is 200 Å². The van der Waals surface area contributed by atoms with Gasteiger partial charge in [0.1, 0.15) is 0 Å². The number of benzene rings is 2. The Bertz CT molecular complexity index is 931. The summed E-state index contributed by atoms with van der Waals surface area (Å²) >= 11 is 12.2. The van der Waals surface area contributed by atoms with E-state index in [1.165, 1.54) is 24.0 Å². The van der Waals surface area contributed by atoms with Gasteiger partial charge in [0.25, 0.3) is 0 Å². The maximum Gasteiger partial charge on any atom is 0.227 e. The predicted molar refractivity (Wildman–Crippen MR) is 128 cm³/mol. The van der Waals surface area contributed by atoms with Crippen LogP contribution in [0.3, 0.4) is 0 Å². The molecule has 0 saturated carbocycles. The smallest absolute Gasteiger partial charge is 0.227 e. The molecule has 0 bridgehead atoms. The lowest BCUT2D eigenvalue weighted by Crippen LogP contribution is -2.48. The Kier molecular flexibility index (Phi) is 8.28.